The van der Waals surface area contributed by atoms with Crippen LogP contribution in [0, 0.1) is 18.3 Å². The number of hydrogen-bond acceptors (Lipinski definition) is 3. The number of benzene rings is 2. The molecule has 0 N–H and O–H groups in total. The van der Waals surface area contributed by atoms with Crippen molar-refractivity contribution in [3.05, 3.63) is 70.8 Å². The molecule has 0 aromatic heterocycles. The Bertz CT molecular complexity index is 770. The van der Waals surface area contributed by atoms with Gasteiger partial charge in [0.05, 0.1) is 11.6 Å². The van der Waals surface area contributed by atoms with Gasteiger partial charge in [-0.25, -0.2) is 0 Å². The van der Waals surface area contributed by atoms with Gasteiger partial charge < -0.3 is 4.90 Å². The van der Waals surface area contributed by atoms with Gasteiger partial charge in [-0.2, -0.15) is 5.26 Å². The predicted molar refractivity (Wildman–Crippen MR) is 93.5 cm³/mol. The molecule has 0 aliphatic carbocycles. The van der Waals surface area contributed by atoms with E-state index in [-0.39, 0.29) is 5.91 Å². The highest BCUT2D eigenvalue weighted by molar-refractivity contribution is 5.94. The van der Waals surface area contributed by atoms with Crippen molar-refractivity contribution < 1.29 is 4.79 Å². The van der Waals surface area contributed by atoms with E-state index in [1.165, 1.54) is 11.1 Å². The van der Waals surface area contributed by atoms with Crippen molar-refractivity contribution in [2.45, 2.75) is 13.5 Å². The second-order valence-electron chi connectivity index (χ2n) is 6.19. The van der Waals surface area contributed by atoms with E-state index in [4.69, 9.17) is 5.26 Å². The molecule has 2 aromatic rings. The van der Waals surface area contributed by atoms with Crippen LogP contribution in [0.4, 0.5) is 0 Å². The predicted octanol–water partition coefficient (Wildman–Crippen LogP) is 2.82. The molecule has 2 aromatic carbocycles. The van der Waals surface area contributed by atoms with E-state index in [1.807, 2.05) is 4.90 Å². The highest BCUT2D eigenvalue weighted by Gasteiger charge is 2.22. The van der Waals surface area contributed by atoms with Crippen LogP contribution in [-0.4, -0.2) is 41.9 Å². The van der Waals surface area contributed by atoms with Crippen LogP contribution in [0.5, 0.6) is 0 Å². The SMILES string of the molecule is Cc1ccccc1CN1CCN(C(=O)c2cccc(C#N)c2)CC1. The van der Waals surface area contributed by atoms with Crippen molar-refractivity contribution in [3.63, 3.8) is 0 Å². The number of hydrogen-bond donors (Lipinski definition) is 0. The van der Waals surface area contributed by atoms with Gasteiger partial charge in [-0.3, -0.25) is 9.69 Å². The third-order valence-corrected chi connectivity index (χ3v) is 4.55. The maximum Gasteiger partial charge on any atom is 0.253 e. The Morgan fingerprint density at radius 2 is 1.83 bits per heavy atom. The molecule has 4 heteroatoms. The summed E-state index contributed by atoms with van der Waals surface area (Å²) in [7, 11) is 0. The molecule has 1 heterocycles. The van der Waals surface area contributed by atoms with Crippen molar-refractivity contribution in [1.29, 1.82) is 5.26 Å². The third kappa shape index (κ3) is 3.64. The molecule has 1 amide bonds. The highest BCUT2D eigenvalue weighted by Crippen LogP contribution is 2.14. The zero-order valence-electron chi connectivity index (χ0n) is 13.9. The van der Waals surface area contributed by atoms with Crippen molar-refractivity contribution in [3.8, 4) is 6.07 Å². The second kappa shape index (κ2) is 7.29. The molecule has 0 saturated carbocycles. The van der Waals surface area contributed by atoms with Crippen LogP contribution in [0.1, 0.15) is 27.0 Å². The van der Waals surface area contributed by atoms with Crippen LogP contribution >= 0.6 is 0 Å². The van der Waals surface area contributed by atoms with E-state index in [1.54, 1.807) is 24.3 Å². The summed E-state index contributed by atoms with van der Waals surface area (Å²) in [5, 5.41) is 8.97. The Hall–Kier alpha value is -2.64. The molecule has 1 fully saturated rings. The minimum absolute atomic E-state index is 0.0163. The molecule has 0 atom stereocenters. The molecule has 0 radical (unpaired) electrons. The molecule has 4 nitrogen and oxygen atoms in total. The molecule has 0 unspecified atom stereocenters. The smallest absolute Gasteiger partial charge is 0.253 e. The van der Waals surface area contributed by atoms with E-state index in [0.29, 0.717) is 11.1 Å². The molecular weight excluding hydrogens is 298 g/mol. The Balaban J connectivity index is 1.59. The normalized spacial score (nSPS) is 15.1. The fraction of sp³-hybridized carbons (Fsp3) is 0.300. The van der Waals surface area contributed by atoms with E-state index in [2.05, 4.69) is 42.2 Å². The quantitative estimate of drug-likeness (QED) is 0.874. The average molecular weight is 319 g/mol. The fourth-order valence-electron chi connectivity index (χ4n) is 3.04. The van der Waals surface area contributed by atoms with Crippen LogP contribution in [0.2, 0.25) is 0 Å². The largest absolute Gasteiger partial charge is 0.336 e. The maximum absolute atomic E-state index is 12.6. The number of nitrogens with zero attached hydrogens (tertiary/aromatic N) is 3. The summed E-state index contributed by atoms with van der Waals surface area (Å²) in [5.41, 5.74) is 3.78. The number of nitriles is 1. The fourth-order valence-corrected chi connectivity index (χ4v) is 3.04. The zero-order chi connectivity index (χ0) is 16.9. The van der Waals surface area contributed by atoms with Gasteiger partial charge in [-0.1, -0.05) is 30.3 Å². The van der Waals surface area contributed by atoms with Crippen molar-refractivity contribution in [2.75, 3.05) is 26.2 Å². The number of aryl methyl sites for hydroxylation is 1. The van der Waals surface area contributed by atoms with Gasteiger partial charge in [-0.05, 0) is 36.2 Å². The summed E-state index contributed by atoms with van der Waals surface area (Å²) >= 11 is 0. The lowest BCUT2D eigenvalue weighted by Gasteiger charge is -2.35. The summed E-state index contributed by atoms with van der Waals surface area (Å²) in [6, 6.07) is 17.5. The summed E-state index contributed by atoms with van der Waals surface area (Å²) < 4.78 is 0. The summed E-state index contributed by atoms with van der Waals surface area (Å²) in [6.45, 7) is 6.26. The summed E-state index contributed by atoms with van der Waals surface area (Å²) in [4.78, 5) is 16.9. The van der Waals surface area contributed by atoms with E-state index in [9.17, 15) is 4.79 Å². The number of amides is 1. The topological polar surface area (TPSA) is 47.3 Å². The lowest BCUT2D eigenvalue weighted by Crippen LogP contribution is -2.48. The third-order valence-electron chi connectivity index (χ3n) is 4.55. The lowest BCUT2D eigenvalue weighted by atomic mass is 10.1. The van der Waals surface area contributed by atoms with Crippen molar-refractivity contribution >= 4 is 5.91 Å². The minimum Gasteiger partial charge on any atom is -0.336 e. The van der Waals surface area contributed by atoms with E-state index in [0.717, 1.165) is 32.7 Å². The van der Waals surface area contributed by atoms with Crippen LogP contribution in [0.3, 0.4) is 0 Å². The van der Waals surface area contributed by atoms with E-state index >= 15 is 0 Å². The Morgan fingerprint density at radius 1 is 1.08 bits per heavy atom. The average Bonchev–Trinajstić information content (AvgIpc) is 2.64. The van der Waals surface area contributed by atoms with E-state index < -0.39 is 0 Å². The lowest BCUT2D eigenvalue weighted by molar-refractivity contribution is 0.0628. The van der Waals surface area contributed by atoms with Crippen LogP contribution < -0.4 is 0 Å². The van der Waals surface area contributed by atoms with Crippen molar-refractivity contribution in [2.24, 2.45) is 0 Å². The molecular formula is C20H21N3O. The standard InChI is InChI=1S/C20H21N3O/c1-16-5-2-3-7-19(16)15-22-9-11-23(12-10-22)20(24)18-8-4-6-17(13-18)14-21/h2-8,13H,9-12,15H2,1H3. The molecule has 3 rings (SSSR count). The summed E-state index contributed by atoms with van der Waals surface area (Å²) in [6.07, 6.45) is 0. The van der Waals surface area contributed by atoms with Crippen LogP contribution in [-0.2, 0) is 6.54 Å². The maximum atomic E-state index is 12.6. The monoisotopic (exact) mass is 319 g/mol. The number of piperazine rings is 1. The first-order valence-corrected chi connectivity index (χ1v) is 8.23. The van der Waals surface area contributed by atoms with Gasteiger partial charge in [0.25, 0.3) is 5.91 Å². The van der Waals surface area contributed by atoms with Gasteiger partial charge in [0.2, 0.25) is 0 Å². The molecule has 24 heavy (non-hydrogen) atoms. The number of carbonyl (C=O) groups is 1. The molecule has 1 saturated heterocycles. The minimum atomic E-state index is 0.0163. The molecule has 1 aliphatic heterocycles. The second-order valence-corrected chi connectivity index (χ2v) is 6.19. The number of carbonyl (C=O) groups excluding carboxylic acids is 1. The zero-order valence-corrected chi connectivity index (χ0v) is 13.9. The van der Waals surface area contributed by atoms with Gasteiger partial charge >= 0.3 is 0 Å². The molecule has 0 spiro atoms. The Morgan fingerprint density at radius 3 is 2.54 bits per heavy atom. The molecule has 0 bridgehead atoms. The van der Waals surface area contributed by atoms with Crippen LogP contribution in [0.25, 0.3) is 0 Å². The van der Waals surface area contributed by atoms with Gasteiger partial charge in [0, 0.05) is 38.3 Å². The first-order chi connectivity index (χ1) is 11.7. The Kier molecular flexibility index (Phi) is 4.93. The highest BCUT2D eigenvalue weighted by atomic mass is 16.2. The van der Waals surface area contributed by atoms with Gasteiger partial charge in [0.1, 0.15) is 0 Å². The van der Waals surface area contributed by atoms with Gasteiger partial charge in [-0.15, -0.1) is 0 Å². The summed E-state index contributed by atoms with van der Waals surface area (Å²) in [5.74, 6) is 0.0163. The number of rotatable bonds is 3. The first-order valence-electron chi connectivity index (χ1n) is 8.23. The molecule has 122 valence electrons. The van der Waals surface area contributed by atoms with Crippen molar-refractivity contribution in [1.82, 2.24) is 9.80 Å². The first kappa shape index (κ1) is 16.2. The van der Waals surface area contributed by atoms with Gasteiger partial charge in [0.15, 0.2) is 0 Å². The Labute approximate surface area is 142 Å². The molecule has 1 aliphatic rings. The van der Waals surface area contributed by atoms with Crippen LogP contribution in [0.15, 0.2) is 48.5 Å².